The summed E-state index contributed by atoms with van der Waals surface area (Å²) in [7, 11) is 0. The van der Waals surface area contributed by atoms with Crippen LogP contribution in [-0.2, 0) is 20.1 Å². The summed E-state index contributed by atoms with van der Waals surface area (Å²) in [5.74, 6) is -1.46. The predicted molar refractivity (Wildman–Crippen MR) is 143 cm³/mol. The number of hydrogen-bond acceptors (Lipinski definition) is 3. The maximum Gasteiger partial charge on any atom is 3.00 e. The van der Waals surface area contributed by atoms with E-state index in [0.717, 1.165) is 22.9 Å². The first kappa shape index (κ1) is 29.0. The van der Waals surface area contributed by atoms with Gasteiger partial charge in [-0.15, -0.1) is 54.1 Å². The Kier molecular flexibility index (Phi) is 11.2. The van der Waals surface area contributed by atoms with Crippen LogP contribution in [-0.4, -0.2) is 24.5 Å². The summed E-state index contributed by atoms with van der Waals surface area (Å²) in [5, 5.41) is 7.79. The molecule has 39 heavy (non-hydrogen) atoms. The van der Waals surface area contributed by atoms with Crippen molar-refractivity contribution in [3.8, 4) is 22.6 Å². The molecule has 0 saturated carbocycles. The Morgan fingerprint density at radius 1 is 0.718 bits per heavy atom. The van der Waals surface area contributed by atoms with Crippen LogP contribution in [0.25, 0.3) is 28.7 Å². The Morgan fingerprint density at radius 3 is 1.79 bits per heavy atom. The van der Waals surface area contributed by atoms with Gasteiger partial charge in [-0.3, -0.25) is 24.7 Å². The zero-order valence-corrected chi connectivity index (χ0v) is 22.9. The molecule has 8 heteroatoms. The van der Waals surface area contributed by atoms with Crippen molar-refractivity contribution in [2.75, 3.05) is 0 Å². The van der Waals surface area contributed by atoms with Crippen LogP contribution in [0.5, 0.6) is 0 Å². The minimum atomic E-state index is -0.730. The Hall–Kier alpha value is -4.52. The van der Waals surface area contributed by atoms with Gasteiger partial charge in [0.15, 0.2) is 0 Å². The van der Waals surface area contributed by atoms with Crippen molar-refractivity contribution in [3.63, 3.8) is 0 Å². The Morgan fingerprint density at radius 2 is 1.33 bits per heavy atom. The molecule has 0 aliphatic heterocycles. The van der Waals surface area contributed by atoms with Crippen LogP contribution in [0.4, 0.5) is 8.78 Å². The minimum Gasteiger partial charge on any atom is -0.305 e. The molecule has 3 aromatic carbocycles. The Balaban J connectivity index is 0.000000173. The molecule has 0 radical (unpaired) electrons. The fourth-order valence-corrected chi connectivity index (χ4v) is 3.25. The molecule has 3 aromatic heterocycles. The second-order valence-corrected chi connectivity index (χ2v) is 7.63. The fourth-order valence-electron chi connectivity index (χ4n) is 3.25. The number of hydrogen-bond donors (Lipinski definition) is 0. The largest absolute Gasteiger partial charge is 3.00 e. The normalized spacial score (nSPS) is 9.69. The van der Waals surface area contributed by atoms with E-state index in [1.165, 1.54) is 21.8 Å². The van der Waals surface area contributed by atoms with Crippen molar-refractivity contribution in [1.29, 1.82) is 0 Å². The molecule has 0 unspecified atom stereocenters. The van der Waals surface area contributed by atoms with Gasteiger partial charge >= 0.3 is 20.1 Å². The van der Waals surface area contributed by atoms with E-state index in [1.807, 2.05) is 72.8 Å². The third kappa shape index (κ3) is 8.23. The monoisotopic (exact) mass is 695 g/mol. The van der Waals surface area contributed by atoms with Crippen molar-refractivity contribution >= 4 is 6.08 Å². The number of benzene rings is 3. The Labute approximate surface area is 239 Å². The molecule has 6 rings (SSSR count). The van der Waals surface area contributed by atoms with E-state index in [0.29, 0.717) is 0 Å². The number of aromatic nitrogens is 5. The molecule has 0 N–H and O–H groups in total. The van der Waals surface area contributed by atoms with Crippen LogP contribution >= 0.6 is 0 Å². The molecular weight excluding hydrogens is 673 g/mol. The van der Waals surface area contributed by atoms with Crippen LogP contribution in [0.3, 0.4) is 0 Å². The fraction of sp³-hybridized carbons (Fsp3) is 0. The van der Waals surface area contributed by atoms with Crippen molar-refractivity contribution in [1.82, 2.24) is 24.5 Å². The first-order valence-corrected chi connectivity index (χ1v) is 11.5. The van der Waals surface area contributed by atoms with Crippen molar-refractivity contribution in [2.24, 2.45) is 0 Å². The standard InChI is InChI=1S/C12H7F2N4.C11H8N.C8H7.Ir/c13-9-7-10(14)12(18-6-2-4-16-18)8-11(9)17-5-1-3-15-17;1-2-6-10(7-3-1)11-8-4-5-9-12-11;1-2-8-6-4-3-5-7-8;/h1-7H;1-6,8-9H;1-7H;/q3*-1;+3. The zero-order chi connectivity index (χ0) is 26.6. The Bertz CT molecular complexity index is 1430. The van der Waals surface area contributed by atoms with Crippen LogP contribution in [0, 0.1) is 30.3 Å². The van der Waals surface area contributed by atoms with E-state index in [1.54, 1.807) is 36.8 Å². The minimum absolute atomic E-state index is 0. The summed E-state index contributed by atoms with van der Waals surface area (Å²) in [5.41, 5.74) is 3.17. The van der Waals surface area contributed by atoms with Crippen LogP contribution in [0.1, 0.15) is 5.56 Å². The number of nitrogens with zero attached hydrogens (tertiary/aromatic N) is 5. The van der Waals surface area contributed by atoms with Gasteiger partial charge in [0.1, 0.15) is 0 Å². The quantitative estimate of drug-likeness (QED) is 0.191. The SMILES string of the molecule is Fc1cc(F)c(-n2cccn2)[c-]c1-n1cccn1.[CH-]=Cc1ccccc1.[Ir+3].[c-]1ccccc1-c1ccccn1. The average molecular weight is 695 g/mol. The van der Waals surface area contributed by atoms with E-state index >= 15 is 0 Å². The molecule has 0 saturated heterocycles. The van der Waals surface area contributed by atoms with Crippen molar-refractivity contribution < 1.29 is 28.9 Å². The predicted octanol–water partition coefficient (Wildman–Crippen LogP) is 6.82. The summed E-state index contributed by atoms with van der Waals surface area (Å²) < 4.78 is 29.9. The van der Waals surface area contributed by atoms with E-state index in [9.17, 15) is 8.78 Å². The van der Waals surface area contributed by atoms with Crippen molar-refractivity contribution in [2.45, 2.75) is 0 Å². The van der Waals surface area contributed by atoms with Gasteiger partial charge in [0, 0.05) is 42.6 Å². The van der Waals surface area contributed by atoms with Gasteiger partial charge in [0.25, 0.3) is 0 Å². The van der Waals surface area contributed by atoms with Crippen LogP contribution < -0.4 is 0 Å². The van der Waals surface area contributed by atoms with Gasteiger partial charge in [-0.05, 0) is 35.3 Å². The summed E-state index contributed by atoms with van der Waals surface area (Å²) in [4.78, 5) is 4.22. The molecule has 0 aliphatic carbocycles. The molecule has 0 spiro atoms. The average Bonchev–Trinajstić information content (AvgIpc) is 3.71. The van der Waals surface area contributed by atoms with Gasteiger partial charge in [-0.25, -0.2) is 6.08 Å². The summed E-state index contributed by atoms with van der Waals surface area (Å²) in [6.45, 7) is 5.22. The maximum atomic E-state index is 13.7. The molecule has 5 nitrogen and oxygen atoms in total. The first-order chi connectivity index (χ1) is 18.7. The second-order valence-electron chi connectivity index (χ2n) is 7.63. The number of halogens is 2. The third-order valence-electron chi connectivity index (χ3n) is 5.05. The summed E-state index contributed by atoms with van der Waals surface area (Å²) in [6.07, 6.45) is 9.49. The van der Waals surface area contributed by atoms with E-state index in [-0.39, 0.29) is 31.5 Å². The molecule has 194 valence electrons. The molecule has 6 aromatic rings. The molecule has 0 amide bonds. The van der Waals surface area contributed by atoms with Gasteiger partial charge in [-0.1, -0.05) is 36.4 Å². The van der Waals surface area contributed by atoms with Crippen LogP contribution in [0.15, 0.2) is 122 Å². The van der Waals surface area contributed by atoms with E-state index in [4.69, 9.17) is 6.58 Å². The van der Waals surface area contributed by atoms with Gasteiger partial charge in [0.05, 0.1) is 0 Å². The maximum absolute atomic E-state index is 13.7. The molecule has 0 aliphatic rings. The first-order valence-electron chi connectivity index (χ1n) is 11.5. The summed E-state index contributed by atoms with van der Waals surface area (Å²) in [6, 6.07) is 33.3. The molecule has 0 atom stereocenters. The zero-order valence-electron chi connectivity index (χ0n) is 20.5. The topological polar surface area (TPSA) is 48.5 Å². The van der Waals surface area contributed by atoms with E-state index in [2.05, 4.69) is 27.3 Å². The second kappa shape index (κ2) is 15.0. The molecule has 0 bridgehead atoms. The van der Waals surface area contributed by atoms with Gasteiger partial charge in [-0.2, -0.15) is 15.8 Å². The van der Waals surface area contributed by atoms with Gasteiger partial charge < -0.3 is 4.98 Å². The third-order valence-corrected chi connectivity index (χ3v) is 5.05. The van der Waals surface area contributed by atoms with Crippen LogP contribution in [0.2, 0.25) is 0 Å². The molecule has 3 heterocycles. The number of pyridine rings is 1. The summed E-state index contributed by atoms with van der Waals surface area (Å²) >= 11 is 0. The molecule has 0 fully saturated rings. The smallest absolute Gasteiger partial charge is 0.305 e. The molecular formula is C31H22F2IrN5. The van der Waals surface area contributed by atoms with E-state index < -0.39 is 11.6 Å². The van der Waals surface area contributed by atoms with Crippen molar-refractivity contribution in [3.05, 3.63) is 158 Å². The number of rotatable bonds is 4. The van der Waals surface area contributed by atoms with Gasteiger partial charge in [0.2, 0.25) is 0 Å².